The number of aromatic nitrogens is 1. The molecule has 2 aromatic rings. The fraction of sp³-hybridized carbons (Fsp3) is 0.0769. The Morgan fingerprint density at radius 2 is 2.16 bits per heavy atom. The molecule has 1 aromatic heterocycles. The second-order valence-corrected chi connectivity index (χ2v) is 4.66. The molecule has 3 N–H and O–H groups in total. The summed E-state index contributed by atoms with van der Waals surface area (Å²) in [4.78, 5) is 16.1. The zero-order valence-corrected chi connectivity index (χ0v) is 11.8. The van der Waals surface area contributed by atoms with E-state index in [1.165, 1.54) is 6.20 Å². The summed E-state index contributed by atoms with van der Waals surface area (Å²) >= 11 is 3.26. The van der Waals surface area contributed by atoms with Crippen molar-refractivity contribution in [1.29, 1.82) is 0 Å². The Morgan fingerprint density at radius 1 is 1.42 bits per heavy atom. The highest BCUT2D eigenvalue weighted by Gasteiger charge is 2.13. The van der Waals surface area contributed by atoms with Gasteiger partial charge in [-0.25, -0.2) is 4.98 Å². The maximum absolute atomic E-state index is 12.1. The molecule has 0 aliphatic rings. The first-order valence-corrected chi connectivity index (χ1v) is 6.26. The van der Waals surface area contributed by atoms with Gasteiger partial charge in [-0.05, 0) is 34.1 Å². The van der Waals surface area contributed by atoms with Gasteiger partial charge in [0.1, 0.15) is 11.6 Å². The number of nitrogens with two attached hydrogens (primary N) is 1. The van der Waals surface area contributed by atoms with Crippen molar-refractivity contribution in [2.45, 2.75) is 0 Å². The van der Waals surface area contributed by atoms with Crippen molar-refractivity contribution in [2.24, 2.45) is 0 Å². The molecule has 2 rings (SSSR count). The lowest BCUT2D eigenvalue weighted by Crippen LogP contribution is -2.15. The van der Waals surface area contributed by atoms with E-state index in [1.807, 2.05) is 6.07 Å². The summed E-state index contributed by atoms with van der Waals surface area (Å²) in [6.45, 7) is 0. The summed E-state index contributed by atoms with van der Waals surface area (Å²) in [5.41, 5.74) is 6.57. The highest BCUT2D eigenvalue weighted by molar-refractivity contribution is 9.10. The number of carbonyl (C=O) groups excluding carboxylic acids is 1. The molecule has 0 unspecified atom stereocenters. The van der Waals surface area contributed by atoms with Crippen LogP contribution in [0.4, 0.5) is 11.5 Å². The molecule has 5 nitrogen and oxygen atoms in total. The average Bonchev–Trinajstić information content (AvgIpc) is 2.42. The van der Waals surface area contributed by atoms with Gasteiger partial charge in [0.25, 0.3) is 5.91 Å². The van der Waals surface area contributed by atoms with Crippen LogP contribution in [0.3, 0.4) is 0 Å². The second kappa shape index (κ2) is 5.71. The Balaban J connectivity index is 2.28. The number of para-hydroxylation sites is 2. The van der Waals surface area contributed by atoms with Crippen LogP contribution in [-0.2, 0) is 0 Å². The lowest BCUT2D eigenvalue weighted by atomic mass is 10.2. The first-order chi connectivity index (χ1) is 9.11. The zero-order valence-electron chi connectivity index (χ0n) is 10.2. The van der Waals surface area contributed by atoms with Crippen LogP contribution in [0.5, 0.6) is 5.75 Å². The van der Waals surface area contributed by atoms with Crippen LogP contribution < -0.4 is 15.8 Å². The molecular formula is C13H12BrN3O2. The van der Waals surface area contributed by atoms with Gasteiger partial charge >= 0.3 is 0 Å². The molecule has 0 fully saturated rings. The fourth-order valence-corrected chi connectivity index (χ4v) is 1.90. The van der Waals surface area contributed by atoms with E-state index in [9.17, 15) is 4.79 Å². The predicted octanol–water partition coefficient (Wildman–Crippen LogP) is 2.69. The molecule has 1 amide bonds. The van der Waals surface area contributed by atoms with E-state index in [2.05, 4.69) is 26.2 Å². The maximum Gasteiger partial charge on any atom is 0.259 e. The summed E-state index contributed by atoms with van der Waals surface area (Å²) in [6, 6.07) is 8.76. The molecule has 0 atom stereocenters. The molecule has 0 saturated heterocycles. The third kappa shape index (κ3) is 3.03. The lowest BCUT2D eigenvalue weighted by Gasteiger charge is -2.10. The number of nitrogens with one attached hydrogen (secondary N) is 1. The number of hydrogen-bond acceptors (Lipinski definition) is 4. The van der Waals surface area contributed by atoms with Gasteiger partial charge in [-0.15, -0.1) is 0 Å². The van der Waals surface area contributed by atoms with Gasteiger partial charge in [0.15, 0.2) is 0 Å². The van der Waals surface area contributed by atoms with Crippen LogP contribution >= 0.6 is 15.9 Å². The molecule has 6 heteroatoms. The number of rotatable bonds is 3. The second-order valence-electron chi connectivity index (χ2n) is 3.74. The highest BCUT2D eigenvalue weighted by atomic mass is 79.9. The molecule has 0 saturated carbocycles. The summed E-state index contributed by atoms with van der Waals surface area (Å²) in [5.74, 6) is 0.420. The van der Waals surface area contributed by atoms with Crippen molar-refractivity contribution in [3.8, 4) is 5.75 Å². The van der Waals surface area contributed by atoms with Crippen molar-refractivity contribution in [3.05, 3.63) is 46.6 Å². The molecule has 0 aliphatic carbocycles. The highest BCUT2D eigenvalue weighted by Crippen LogP contribution is 2.24. The summed E-state index contributed by atoms with van der Waals surface area (Å²) in [6.07, 6.45) is 1.54. The molecule has 19 heavy (non-hydrogen) atoms. The number of methoxy groups -OCH3 is 1. The summed E-state index contributed by atoms with van der Waals surface area (Å²) in [5, 5.41) is 2.74. The van der Waals surface area contributed by atoms with Gasteiger partial charge < -0.3 is 15.8 Å². The maximum atomic E-state index is 12.1. The van der Waals surface area contributed by atoms with Crippen molar-refractivity contribution in [1.82, 2.24) is 4.98 Å². The number of halogens is 1. The number of ether oxygens (including phenoxy) is 1. The minimum Gasteiger partial charge on any atom is -0.495 e. The molecular weight excluding hydrogens is 310 g/mol. The van der Waals surface area contributed by atoms with E-state index >= 15 is 0 Å². The number of pyridine rings is 1. The molecule has 0 radical (unpaired) electrons. The van der Waals surface area contributed by atoms with Gasteiger partial charge in [-0.1, -0.05) is 12.1 Å². The van der Waals surface area contributed by atoms with Crippen LogP contribution in [0.15, 0.2) is 41.0 Å². The smallest absolute Gasteiger partial charge is 0.259 e. The SMILES string of the molecule is COc1ccccc1NC(=O)c1cc(Br)cnc1N. The lowest BCUT2D eigenvalue weighted by molar-refractivity contribution is 0.102. The van der Waals surface area contributed by atoms with E-state index in [4.69, 9.17) is 10.5 Å². The average molecular weight is 322 g/mol. The van der Waals surface area contributed by atoms with Gasteiger partial charge in [0, 0.05) is 10.7 Å². The Hall–Kier alpha value is -2.08. The molecule has 0 aliphatic heterocycles. The quantitative estimate of drug-likeness (QED) is 0.911. The van der Waals surface area contributed by atoms with Crippen LogP contribution in [0.2, 0.25) is 0 Å². The van der Waals surface area contributed by atoms with E-state index < -0.39 is 0 Å². The first-order valence-electron chi connectivity index (χ1n) is 5.47. The van der Waals surface area contributed by atoms with Gasteiger partial charge in [-0.2, -0.15) is 0 Å². The standard InChI is InChI=1S/C13H12BrN3O2/c1-19-11-5-3-2-4-10(11)17-13(18)9-6-8(14)7-16-12(9)15/h2-7H,1H3,(H2,15,16)(H,17,18). The van der Waals surface area contributed by atoms with E-state index in [1.54, 1.807) is 31.4 Å². The topological polar surface area (TPSA) is 77.2 Å². The summed E-state index contributed by atoms with van der Waals surface area (Å²) in [7, 11) is 1.54. The van der Waals surface area contributed by atoms with Crippen LogP contribution in [-0.4, -0.2) is 18.0 Å². The van der Waals surface area contributed by atoms with Crippen molar-refractivity contribution in [3.63, 3.8) is 0 Å². The van der Waals surface area contributed by atoms with Gasteiger partial charge in [-0.3, -0.25) is 4.79 Å². The minimum atomic E-state index is -0.337. The third-order valence-electron chi connectivity index (χ3n) is 2.48. The molecule has 1 aromatic carbocycles. The normalized spacial score (nSPS) is 10.0. The Kier molecular flexibility index (Phi) is 4.01. The Bertz CT molecular complexity index is 617. The number of nitrogen functional groups attached to an aromatic ring is 1. The molecule has 1 heterocycles. The predicted molar refractivity (Wildman–Crippen MR) is 77.3 cm³/mol. The van der Waals surface area contributed by atoms with Crippen LogP contribution in [0, 0.1) is 0 Å². The molecule has 0 spiro atoms. The van der Waals surface area contributed by atoms with E-state index in [0.717, 1.165) is 0 Å². The number of amides is 1. The number of anilines is 2. The number of benzene rings is 1. The molecule has 0 bridgehead atoms. The van der Waals surface area contributed by atoms with Gasteiger partial charge in [0.05, 0.1) is 18.4 Å². The number of carbonyl (C=O) groups is 1. The van der Waals surface area contributed by atoms with E-state index in [0.29, 0.717) is 21.5 Å². The monoisotopic (exact) mass is 321 g/mol. The third-order valence-corrected chi connectivity index (χ3v) is 2.92. The largest absolute Gasteiger partial charge is 0.495 e. The van der Waals surface area contributed by atoms with Gasteiger partial charge in [0.2, 0.25) is 0 Å². The van der Waals surface area contributed by atoms with E-state index in [-0.39, 0.29) is 11.7 Å². The Morgan fingerprint density at radius 3 is 2.89 bits per heavy atom. The number of nitrogens with zero attached hydrogens (tertiary/aromatic N) is 1. The first kappa shape index (κ1) is 13.4. The van der Waals surface area contributed by atoms with Crippen molar-refractivity contribution < 1.29 is 9.53 Å². The number of hydrogen-bond donors (Lipinski definition) is 2. The zero-order chi connectivity index (χ0) is 13.8. The minimum absolute atomic E-state index is 0.176. The Labute approximate surface area is 118 Å². The molecule has 98 valence electrons. The fourth-order valence-electron chi connectivity index (χ4n) is 1.57. The van der Waals surface area contributed by atoms with Crippen LogP contribution in [0.25, 0.3) is 0 Å². The van der Waals surface area contributed by atoms with Crippen molar-refractivity contribution >= 4 is 33.3 Å². The van der Waals surface area contributed by atoms with Crippen molar-refractivity contribution in [2.75, 3.05) is 18.2 Å². The summed E-state index contributed by atoms with van der Waals surface area (Å²) < 4.78 is 5.85. The van der Waals surface area contributed by atoms with Crippen LogP contribution in [0.1, 0.15) is 10.4 Å².